The smallest absolute Gasteiger partial charge is 0.0843 e. The van der Waals surface area contributed by atoms with Crippen LogP contribution in [0.3, 0.4) is 0 Å². The van der Waals surface area contributed by atoms with E-state index in [0.29, 0.717) is 11.1 Å². The van der Waals surface area contributed by atoms with Gasteiger partial charge in [-0.25, -0.2) is 0 Å². The van der Waals surface area contributed by atoms with Crippen LogP contribution < -0.4 is 0 Å². The van der Waals surface area contributed by atoms with E-state index in [-0.39, 0.29) is 0 Å². The van der Waals surface area contributed by atoms with E-state index in [2.05, 4.69) is 101 Å². The first-order valence-corrected chi connectivity index (χ1v) is 16.9. The minimum atomic E-state index is -2.07. The monoisotopic (exact) mass is 564 g/mol. The van der Waals surface area contributed by atoms with Crippen molar-refractivity contribution in [1.82, 2.24) is 0 Å². The molecule has 4 aromatic rings. The number of hydrogen-bond acceptors (Lipinski definition) is 0. The lowest BCUT2D eigenvalue weighted by Crippen LogP contribution is -2.46. The summed E-state index contributed by atoms with van der Waals surface area (Å²) in [5.41, 5.74) is 12.0. The molecule has 2 aliphatic carbocycles. The molecule has 0 N–H and O–H groups in total. The Morgan fingerprint density at radius 3 is 1.28 bits per heavy atom. The fraction of sp³-hybridized carbons (Fsp3) is 0.222. The van der Waals surface area contributed by atoms with Gasteiger partial charge in [-0.05, 0) is 92.7 Å². The highest BCUT2D eigenvalue weighted by Crippen LogP contribution is 2.52. The third kappa shape index (κ3) is 4.45. The fourth-order valence-electron chi connectivity index (χ4n) is 7.39. The molecule has 4 aromatic carbocycles. The molecule has 6 rings (SSSR count). The van der Waals surface area contributed by atoms with E-state index < -0.39 is 8.07 Å². The van der Waals surface area contributed by atoms with E-state index in [1.165, 1.54) is 44.5 Å². The number of halogens is 2. The minimum absolute atomic E-state index is 0.594. The van der Waals surface area contributed by atoms with Crippen molar-refractivity contribution < 1.29 is 0 Å². The maximum atomic E-state index is 6.22. The van der Waals surface area contributed by atoms with E-state index in [4.69, 9.17) is 23.2 Å². The molecule has 0 saturated heterocycles. The van der Waals surface area contributed by atoms with Gasteiger partial charge >= 0.3 is 0 Å². The third-order valence-electron chi connectivity index (χ3n) is 8.99. The Kier molecular flexibility index (Phi) is 6.96. The number of hydrogen-bond donors (Lipinski definition) is 0. The number of rotatable bonds is 6. The summed E-state index contributed by atoms with van der Waals surface area (Å²) in [5.74, 6) is 0. The first-order valence-electron chi connectivity index (χ1n) is 14.0. The van der Waals surface area contributed by atoms with E-state index in [0.717, 1.165) is 22.9 Å². The second-order valence-corrected chi connectivity index (χ2v) is 17.8. The number of fused-ring (bicyclic) bond motifs is 2. The number of allylic oxidation sites excluding steroid dienone is 2. The lowest BCUT2D eigenvalue weighted by atomic mass is 9.97. The van der Waals surface area contributed by atoms with Crippen LogP contribution in [0.15, 0.2) is 95.3 Å². The van der Waals surface area contributed by atoms with Crippen molar-refractivity contribution in [3.05, 3.63) is 128 Å². The van der Waals surface area contributed by atoms with Crippen LogP contribution in [0.25, 0.3) is 34.4 Å². The molecule has 0 spiro atoms. The molecule has 2 aliphatic rings. The van der Waals surface area contributed by atoms with Crippen LogP contribution in [-0.4, -0.2) is 8.07 Å². The first-order chi connectivity index (χ1) is 18.8. The van der Waals surface area contributed by atoms with E-state index in [9.17, 15) is 0 Å². The molecule has 0 saturated carbocycles. The summed E-state index contributed by atoms with van der Waals surface area (Å²) < 4.78 is 0. The molecule has 3 heteroatoms. The Labute approximate surface area is 244 Å². The molecule has 0 aliphatic heterocycles. The molecule has 0 fully saturated rings. The van der Waals surface area contributed by atoms with Crippen LogP contribution in [0.1, 0.15) is 49.9 Å². The van der Waals surface area contributed by atoms with Crippen molar-refractivity contribution >= 4 is 43.4 Å². The van der Waals surface area contributed by atoms with Gasteiger partial charge < -0.3 is 0 Å². The summed E-state index contributed by atoms with van der Waals surface area (Å²) in [6.07, 6.45) is 7.26. The van der Waals surface area contributed by atoms with Gasteiger partial charge in [-0.3, -0.25) is 0 Å². The van der Waals surface area contributed by atoms with Crippen LogP contribution in [0.2, 0.25) is 21.1 Å². The Hall–Kier alpha value is -2.84. The van der Waals surface area contributed by atoms with Crippen LogP contribution in [0, 0.1) is 0 Å². The largest absolute Gasteiger partial charge is 0.114 e. The van der Waals surface area contributed by atoms with Crippen molar-refractivity contribution in [3.63, 3.8) is 0 Å². The maximum absolute atomic E-state index is 6.22. The average Bonchev–Trinajstić information content (AvgIpc) is 3.54. The molecule has 0 aromatic heterocycles. The Bertz CT molecular complexity index is 1480. The van der Waals surface area contributed by atoms with Crippen molar-refractivity contribution in [1.29, 1.82) is 0 Å². The summed E-state index contributed by atoms with van der Waals surface area (Å²) in [5, 5.41) is 4.91. The molecule has 0 bridgehead atoms. The third-order valence-corrected chi connectivity index (χ3v) is 15.9. The lowest BCUT2D eigenvalue weighted by Gasteiger charge is -2.42. The molecule has 0 amide bonds. The topological polar surface area (TPSA) is 0 Å². The van der Waals surface area contributed by atoms with Crippen LogP contribution in [-0.2, 0) is 12.8 Å². The molecule has 196 valence electrons. The molecule has 0 nitrogen and oxygen atoms in total. The quantitative estimate of drug-likeness (QED) is 0.204. The van der Waals surface area contributed by atoms with Crippen molar-refractivity contribution in [2.24, 2.45) is 0 Å². The molecule has 0 unspecified atom stereocenters. The molecule has 0 heterocycles. The molecule has 0 atom stereocenters. The molecule has 0 radical (unpaired) electrons. The zero-order valence-electron chi connectivity index (χ0n) is 23.1. The van der Waals surface area contributed by atoms with Gasteiger partial charge in [-0.15, -0.1) is 0 Å². The van der Waals surface area contributed by atoms with E-state index in [1.54, 1.807) is 10.4 Å². The standard InChI is InChI=1S/C36H34Cl2Si/c1-23(2)39(24(3)4,31-19-27-7-5-9-33(35(27)21-31)25-11-15-29(37)16-12-25)32-20-28-8-6-10-34(36(28)22-32)26-13-17-30(38)18-14-26/h5-18,21-24H,19-20H2,1-4H3. The Morgan fingerprint density at radius 1 is 0.538 bits per heavy atom. The minimum Gasteiger partial charge on any atom is -0.0843 e. The zero-order chi connectivity index (χ0) is 27.3. The van der Waals surface area contributed by atoms with Crippen molar-refractivity contribution in [2.75, 3.05) is 0 Å². The van der Waals surface area contributed by atoms with Crippen molar-refractivity contribution in [2.45, 2.75) is 51.6 Å². The van der Waals surface area contributed by atoms with E-state index >= 15 is 0 Å². The summed E-state index contributed by atoms with van der Waals surface area (Å²) in [6, 6.07) is 30.2. The first kappa shape index (κ1) is 26.4. The summed E-state index contributed by atoms with van der Waals surface area (Å²) in [7, 11) is -2.07. The van der Waals surface area contributed by atoms with Gasteiger partial charge in [0.1, 0.15) is 8.07 Å². The van der Waals surface area contributed by atoms with Gasteiger partial charge in [0.2, 0.25) is 0 Å². The predicted octanol–water partition coefficient (Wildman–Crippen LogP) is 11.3. The normalized spacial score (nSPS) is 14.5. The van der Waals surface area contributed by atoms with Crippen LogP contribution >= 0.6 is 23.2 Å². The molecule has 39 heavy (non-hydrogen) atoms. The van der Waals surface area contributed by atoms with Gasteiger partial charge in [0.15, 0.2) is 0 Å². The van der Waals surface area contributed by atoms with Gasteiger partial charge in [0.05, 0.1) is 0 Å². The highest BCUT2D eigenvalue weighted by molar-refractivity contribution is 6.96. The van der Waals surface area contributed by atoms with Gasteiger partial charge in [0, 0.05) is 10.0 Å². The fourth-order valence-corrected chi connectivity index (χ4v) is 14.1. The Morgan fingerprint density at radius 2 is 0.923 bits per heavy atom. The van der Waals surface area contributed by atoms with Gasteiger partial charge in [-0.1, -0.05) is 134 Å². The second kappa shape index (κ2) is 10.3. The highest BCUT2D eigenvalue weighted by Gasteiger charge is 2.48. The predicted molar refractivity (Wildman–Crippen MR) is 173 cm³/mol. The molecular formula is C36H34Cl2Si. The van der Waals surface area contributed by atoms with Gasteiger partial charge in [0.25, 0.3) is 0 Å². The molecular weight excluding hydrogens is 531 g/mol. The summed E-state index contributed by atoms with van der Waals surface area (Å²) in [6.45, 7) is 9.89. The number of benzene rings is 4. The Balaban J connectivity index is 1.48. The van der Waals surface area contributed by atoms with Crippen LogP contribution in [0.5, 0.6) is 0 Å². The summed E-state index contributed by atoms with van der Waals surface area (Å²) >= 11 is 12.4. The zero-order valence-corrected chi connectivity index (χ0v) is 25.6. The lowest BCUT2D eigenvalue weighted by molar-refractivity contribution is 0.896. The SMILES string of the molecule is CC(C)[Si](C1=Cc2c(cccc2-c2ccc(Cl)cc2)C1)(C1=Cc2c(cccc2-c2ccc(Cl)cc2)C1)C(C)C. The highest BCUT2D eigenvalue weighted by atomic mass is 35.5. The van der Waals surface area contributed by atoms with Crippen molar-refractivity contribution in [3.8, 4) is 22.3 Å². The average molecular weight is 566 g/mol. The maximum Gasteiger partial charge on any atom is 0.114 e. The van der Waals surface area contributed by atoms with Gasteiger partial charge in [-0.2, -0.15) is 0 Å². The summed E-state index contributed by atoms with van der Waals surface area (Å²) in [4.78, 5) is 0. The van der Waals surface area contributed by atoms with Crippen LogP contribution in [0.4, 0.5) is 0 Å². The van der Waals surface area contributed by atoms with E-state index in [1.807, 2.05) is 24.3 Å². The second-order valence-electron chi connectivity index (χ2n) is 11.6.